The Balaban J connectivity index is 0.00000192. The normalized spacial score (nSPS) is 29.5. The molecule has 2 fully saturated rings. The first kappa shape index (κ1) is 18.1. The molecule has 2 unspecified atom stereocenters. The van der Waals surface area contributed by atoms with Crippen LogP contribution in [0, 0.1) is 29.4 Å². The molecule has 1 aromatic rings. The number of carbonyl (C=O) groups excluding carboxylic acids is 1. The van der Waals surface area contributed by atoms with Crippen molar-refractivity contribution in [1.82, 2.24) is 5.32 Å². The van der Waals surface area contributed by atoms with E-state index in [1.807, 2.05) is 0 Å². The van der Waals surface area contributed by atoms with Crippen LogP contribution >= 0.6 is 12.4 Å². The first-order valence-electron chi connectivity index (χ1n) is 8.02. The minimum Gasteiger partial charge on any atom is -0.352 e. The van der Waals surface area contributed by atoms with Gasteiger partial charge in [-0.05, 0) is 55.2 Å². The zero-order chi connectivity index (χ0) is 15.7. The quantitative estimate of drug-likeness (QED) is 0.885. The summed E-state index contributed by atoms with van der Waals surface area (Å²) in [5.41, 5.74) is 6.80. The Bertz CT molecular complexity index is 556. The smallest absolute Gasteiger partial charge is 0.223 e. The molecule has 0 aliphatic heterocycles. The van der Waals surface area contributed by atoms with Crippen LogP contribution in [0.25, 0.3) is 0 Å². The predicted molar refractivity (Wildman–Crippen MR) is 87.0 cm³/mol. The highest BCUT2D eigenvalue weighted by Gasteiger charge is 2.40. The van der Waals surface area contributed by atoms with Gasteiger partial charge in [0.25, 0.3) is 0 Å². The second-order valence-corrected chi connectivity index (χ2v) is 6.66. The summed E-state index contributed by atoms with van der Waals surface area (Å²) >= 11 is 0. The van der Waals surface area contributed by atoms with Crippen molar-refractivity contribution in [3.05, 3.63) is 35.4 Å². The van der Waals surface area contributed by atoms with Crippen molar-refractivity contribution in [2.24, 2.45) is 23.5 Å². The van der Waals surface area contributed by atoms with E-state index in [4.69, 9.17) is 5.73 Å². The van der Waals surface area contributed by atoms with E-state index in [1.54, 1.807) is 0 Å². The maximum Gasteiger partial charge on any atom is 0.223 e. The van der Waals surface area contributed by atoms with Crippen molar-refractivity contribution in [3.8, 4) is 0 Å². The molecule has 0 heterocycles. The molecule has 6 heteroatoms. The number of carbonyl (C=O) groups is 1. The molecule has 2 bridgehead atoms. The van der Waals surface area contributed by atoms with Crippen molar-refractivity contribution in [1.29, 1.82) is 0 Å². The molecule has 2 aliphatic rings. The van der Waals surface area contributed by atoms with Crippen LogP contribution in [-0.2, 0) is 11.3 Å². The molecule has 2 aliphatic carbocycles. The van der Waals surface area contributed by atoms with Gasteiger partial charge in [-0.2, -0.15) is 0 Å². The molecule has 0 radical (unpaired) electrons. The fraction of sp³-hybridized carbons (Fsp3) is 0.588. The summed E-state index contributed by atoms with van der Waals surface area (Å²) in [6.07, 6.45) is 5.14. The highest BCUT2D eigenvalue weighted by atomic mass is 35.5. The lowest BCUT2D eigenvalue weighted by atomic mass is 9.65. The van der Waals surface area contributed by atoms with Gasteiger partial charge in [-0.15, -0.1) is 12.4 Å². The molecule has 2 atom stereocenters. The number of hydrogen-bond donors (Lipinski definition) is 2. The molecular formula is C17H23ClF2N2O. The lowest BCUT2D eigenvalue weighted by molar-refractivity contribution is -0.128. The Morgan fingerprint density at radius 2 is 1.83 bits per heavy atom. The molecular weight excluding hydrogens is 322 g/mol. The van der Waals surface area contributed by atoms with Crippen LogP contribution in [0.15, 0.2) is 18.2 Å². The monoisotopic (exact) mass is 344 g/mol. The summed E-state index contributed by atoms with van der Waals surface area (Å²) < 4.78 is 26.0. The first-order chi connectivity index (χ1) is 10.5. The number of benzene rings is 1. The van der Waals surface area contributed by atoms with Crippen molar-refractivity contribution < 1.29 is 13.6 Å². The van der Waals surface area contributed by atoms with Crippen LogP contribution < -0.4 is 11.1 Å². The van der Waals surface area contributed by atoms with E-state index >= 15 is 0 Å². The highest BCUT2D eigenvalue weighted by Crippen LogP contribution is 2.41. The largest absolute Gasteiger partial charge is 0.352 e. The van der Waals surface area contributed by atoms with Gasteiger partial charge >= 0.3 is 0 Å². The zero-order valence-electron chi connectivity index (χ0n) is 12.9. The van der Waals surface area contributed by atoms with Crippen molar-refractivity contribution in [3.63, 3.8) is 0 Å². The second-order valence-electron chi connectivity index (χ2n) is 6.66. The van der Waals surface area contributed by atoms with Gasteiger partial charge in [-0.25, -0.2) is 8.78 Å². The average Bonchev–Trinajstić information content (AvgIpc) is 2.48. The summed E-state index contributed by atoms with van der Waals surface area (Å²) in [6.45, 7) is 0.230. The third-order valence-corrected chi connectivity index (χ3v) is 5.23. The van der Waals surface area contributed by atoms with Gasteiger partial charge in [-0.3, -0.25) is 4.79 Å². The third-order valence-electron chi connectivity index (χ3n) is 5.23. The number of nitrogens with two attached hydrogens (primary N) is 1. The van der Waals surface area contributed by atoms with E-state index in [0.29, 0.717) is 17.4 Å². The number of rotatable bonds is 3. The maximum absolute atomic E-state index is 13.2. The van der Waals surface area contributed by atoms with Gasteiger partial charge in [0.2, 0.25) is 5.91 Å². The minimum absolute atomic E-state index is 0. The predicted octanol–water partition coefficient (Wildman–Crippen LogP) is 3.16. The Labute approximate surface area is 141 Å². The van der Waals surface area contributed by atoms with Crippen LogP contribution in [0.1, 0.15) is 37.7 Å². The second kappa shape index (κ2) is 7.58. The number of amides is 1. The topological polar surface area (TPSA) is 55.1 Å². The fourth-order valence-electron chi connectivity index (χ4n) is 3.99. The molecule has 0 saturated heterocycles. The van der Waals surface area contributed by atoms with Gasteiger partial charge in [0.1, 0.15) is 0 Å². The van der Waals surface area contributed by atoms with Gasteiger partial charge in [0.15, 0.2) is 11.6 Å². The number of nitrogens with one attached hydrogen (secondary N) is 1. The van der Waals surface area contributed by atoms with Gasteiger partial charge in [0, 0.05) is 18.5 Å². The first-order valence-corrected chi connectivity index (χ1v) is 8.02. The standard InChI is InChI=1S/C17H22F2N2O.ClH/c18-14-5-4-10(6-15(14)19)9-21-17(22)13-7-11-2-1-3-12(8-13)16(11)20;/h4-6,11-13,16H,1-3,7-9,20H2,(H,21,22);1H. The lowest BCUT2D eigenvalue weighted by Gasteiger charge is -2.43. The van der Waals surface area contributed by atoms with Crippen LogP contribution in [0.4, 0.5) is 8.78 Å². The molecule has 23 heavy (non-hydrogen) atoms. The van der Waals surface area contributed by atoms with Crippen LogP contribution in [0.5, 0.6) is 0 Å². The molecule has 1 amide bonds. The summed E-state index contributed by atoms with van der Waals surface area (Å²) in [6, 6.07) is 3.94. The Kier molecular flexibility index (Phi) is 5.98. The Morgan fingerprint density at radius 3 is 2.43 bits per heavy atom. The van der Waals surface area contributed by atoms with E-state index in [2.05, 4.69) is 5.32 Å². The van der Waals surface area contributed by atoms with Crippen LogP contribution in [0.3, 0.4) is 0 Å². The maximum atomic E-state index is 13.2. The number of fused-ring (bicyclic) bond motifs is 2. The Hall–Kier alpha value is -1.20. The SMILES string of the molecule is Cl.NC1C2CCCC1CC(C(=O)NCc1ccc(F)c(F)c1)C2. The molecule has 128 valence electrons. The molecule has 0 aromatic heterocycles. The van der Waals surface area contributed by atoms with Crippen molar-refractivity contribution in [2.75, 3.05) is 0 Å². The summed E-state index contributed by atoms with van der Waals surface area (Å²) in [5, 5.41) is 2.85. The van der Waals surface area contributed by atoms with Gasteiger partial charge in [0.05, 0.1) is 0 Å². The van der Waals surface area contributed by atoms with Gasteiger partial charge < -0.3 is 11.1 Å². The molecule has 1 aromatic carbocycles. The summed E-state index contributed by atoms with van der Waals surface area (Å²) in [4.78, 5) is 12.3. The minimum atomic E-state index is -0.884. The van der Waals surface area contributed by atoms with Crippen LogP contribution in [0.2, 0.25) is 0 Å². The van der Waals surface area contributed by atoms with E-state index in [1.165, 1.54) is 12.5 Å². The lowest BCUT2D eigenvalue weighted by Crippen LogP contribution is -2.49. The van der Waals surface area contributed by atoms with E-state index in [9.17, 15) is 13.6 Å². The summed E-state index contributed by atoms with van der Waals surface area (Å²) in [7, 11) is 0. The summed E-state index contributed by atoms with van der Waals surface area (Å²) in [5.74, 6) is -0.846. The van der Waals surface area contributed by atoms with E-state index < -0.39 is 11.6 Å². The third kappa shape index (κ3) is 4.01. The molecule has 3 rings (SSSR count). The molecule has 3 nitrogen and oxygen atoms in total. The zero-order valence-corrected chi connectivity index (χ0v) is 13.8. The van der Waals surface area contributed by atoms with Crippen LogP contribution in [-0.4, -0.2) is 11.9 Å². The number of hydrogen-bond acceptors (Lipinski definition) is 2. The average molecular weight is 345 g/mol. The van der Waals surface area contributed by atoms with E-state index in [-0.39, 0.29) is 36.8 Å². The van der Waals surface area contributed by atoms with E-state index in [0.717, 1.165) is 37.8 Å². The molecule has 0 spiro atoms. The van der Waals surface area contributed by atoms with Gasteiger partial charge in [-0.1, -0.05) is 12.5 Å². The Morgan fingerprint density at radius 1 is 1.17 bits per heavy atom. The molecule has 2 saturated carbocycles. The fourth-order valence-corrected chi connectivity index (χ4v) is 3.99. The van der Waals surface area contributed by atoms with Crippen molar-refractivity contribution >= 4 is 18.3 Å². The molecule has 3 N–H and O–H groups in total. The number of halogens is 3. The van der Waals surface area contributed by atoms with Crippen molar-refractivity contribution in [2.45, 2.75) is 44.7 Å². The highest BCUT2D eigenvalue weighted by molar-refractivity contribution is 5.85.